The summed E-state index contributed by atoms with van der Waals surface area (Å²) in [5, 5.41) is 3.10. The number of aryl methyl sites for hydroxylation is 1. The fourth-order valence-electron chi connectivity index (χ4n) is 1.99. The highest BCUT2D eigenvalue weighted by Crippen LogP contribution is 2.11. The Morgan fingerprint density at radius 2 is 2.53 bits per heavy atom. The predicted octanol–water partition coefficient (Wildman–Crippen LogP) is 0.893. The van der Waals surface area contributed by atoms with Crippen LogP contribution < -0.4 is 11.1 Å². The quantitative estimate of drug-likeness (QED) is 0.453. The van der Waals surface area contributed by atoms with Gasteiger partial charge in [-0.25, -0.2) is 4.98 Å². The largest absolute Gasteiger partial charge is 0.376 e. The number of aliphatic imine (C=N–C) groups is 1. The molecule has 0 bridgehead atoms. The van der Waals surface area contributed by atoms with Gasteiger partial charge in [0, 0.05) is 32.1 Å². The topological polar surface area (TPSA) is 77.5 Å². The third kappa shape index (κ3) is 5.35. The maximum absolute atomic E-state index is 5.79. The Morgan fingerprint density at radius 1 is 1.68 bits per heavy atom. The molecule has 0 amide bonds. The van der Waals surface area contributed by atoms with Gasteiger partial charge in [0.1, 0.15) is 5.82 Å². The Hall–Kier alpha value is -0.830. The van der Waals surface area contributed by atoms with E-state index in [2.05, 4.69) is 19.9 Å². The maximum Gasteiger partial charge on any atom is 0.188 e. The fraction of sp³-hybridized carbons (Fsp3) is 0.667. The van der Waals surface area contributed by atoms with E-state index in [1.54, 1.807) is 6.20 Å². The summed E-state index contributed by atoms with van der Waals surface area (Å²) >= 11 is 0. The first-order chi connectivity index (χ1) is 8.75. The van der Waals surface area contributed by atoms with Crippen molar-refractivity contribution in [3.05, 3.63) is 18.2 Å². The van der Waals surface area contributed by atoms with Gasteiger partial charge >= 0.3 is 0 Å². The summed E-state index contributed by atoms with van der Waals surface area (Å²) in [5.74, 6) is 1.50. The number of hydrogen-bond acceptors (Lipinski definition) is 3. The molecule has 1 atom stereocenters. The van der Waals surface area contributed by atoms with Gasteiger partial charge < -0.3 is 20.4 Å². The minimum absolute atomic E-state index is 0. The lowest BCUT2D eigenvalue weighted by molar-refractivity contribution is 0.118. The van der Waals surface area contributed by atoms with Crippen molar-refractivity contribution in [1.29, 1.82) is 0 Å². The molecular weight excluding hydrogens is 357 g/mol. The van der Waals surface area contributed by atoms with Crippen LogP contribution in [0, 0.1) is 6.92 Å². The van der Waals surface area contributed by atoms with Gasteiger partial charge in [0.2, 0.25) is 0 Å². The number of ether oxygens (including phenoxy) is 1. The van der Waals surface area contributed by atoms with Gasteiger partial charge in [-0.05, 0) is 19.8 Å². The van der Waals surface area contributed by atoms with Crippen LogP contribution in [0.25, 0.3) is 0 Å². The summed E-state index contributed by atoms with van der Waals surface area (Å²) < 4.78 is 7.55. The molecule has 1 unspecified atom stereocenters. The highest BCUT2D eigenvalue weighted by Gasteiger charge is 2.14. The van der Waals surface area contributed by atoms with Crippen LogP contribution in [0.5, 0.6) is 0 Å². The van der Waals surface area contributed by atoms with Crippen molar-refractivity contribution in [3.63, 3.8) is 0 Å². The van der Waals surface area contributed by atoms with Crippen LogP contribution in [0.3, 0.4) is 0 Å². The lowest BCUT2D eigenvalue weighted by atomic mass is 10.2. The second kappa shape index (κ2) is 8.36. The van der Waals surface area contributed by atoms with E-state index in [1.807, 2.05) is 13.1 Å². The summed E-state index contributed by atoms with van der Waals surface area (Å²) in [4.78, 5) is 8.44. The minimum atomic E-state index is 0. The number of nitrogens with one attached hydrogen (secondary N) is 1. The predicted molar refractivity (Wildman–Crippen MR) is 85.8 cm³/mol. The van der Waals surface area contributed by atoms with Gasteiger partial charge in [0.25, 0.3) is 0 Å². The van der Waals surface area contributed by atoms with Crippen LogP contribution in [0.2, 0.25) is 0 Å². The van der Waals surface area contributed by atoms with Gasteiger partial charge in [-0.1, -0.05) is 0 Å². The van der Waals surface area contributed by atoms with E-state index in [-0.39, 0.29) is 30.1 Å². The summed E-state index contributed by atoms with van der Waals surface area (Å²) in [6.45, 7) is 5.07. The van der Waals surface area contributed by atoms with Crippen molar-refractivity contribution in [2.24, 2.45) is 10.7 Å². The Bertz CT molecular complexity index is 401. The van der Waals surface area contributed by atoms with Gasteiger partial charge in [-0.3, -0.25) is 4.99 Å². The fourth-order valence-corrected chi connectivity index (χ4v) is 1.99. The van der Waals surface area contributed by atoms with Gasteiger partial charge in [0.15, 0.2) is 5.96 Å². The number of imidazole rings is 1. The van der Waals surface area contributed by atoms with Crippen LogP contribution in [0.1, 0.15) is 18.7 Å². The molecule has 6 nitrogen and oxygen atoms in total. The molecule has 1 aliphatic heterocycles. The van der Waals surface area contributed by atoms with Crippen molar-refractivity contribution < 1.29 is 4.74 Å². The number of rotatable bonds is 5. The molecular formula is C12H22IN5O. The molecule has 0 aliphatic carbocycles. The molecule has 1 saturated heterocycles. The van der Waals surface area contributed by atoms with E-state index in [0.29, 0.717) is 12.5 Å². The molecule has 1 fully saturated rings. The van der Waals surface area contributed by atoms with Crippen molar-refractivity contribution >= 4 is 29.9 Å². The highest BCUT2D eigenvalue weighted by molar-refractivity contribution is 14.0. The van der Waals surface area contributed by atoms with Gasteiger partial charge in [-0.2, -0.15) is 0 Å². The lowest BCUT2D eigenvalue weighted by Crippen LogP contribution is -2.35. The first-order valence-corrected chi connectivity index (χ1v) is 6.39. The molecule has 0 spiro atoms. The van der Waals surface area contributed by atoms with Crippen LogP contribution in [0.4, 0.5) is 0 Å². The number of nitrogens with zero attached hydrogens (tertiary/aromatic N) is 3. The Kier molecular flexibility index (Phi) is 7.14. The zero-order chi connectivity index (χ0) is 12.8. The first-order valence-electron chi connectivity index (χ1n) is 6.39. The Morgan fingerprint density at radius 3 is 3.16 bits per heavy atom. The monoisotopic (exact) mass is 379 g/mol. The third-order valence-corrected chi connectivity index (χ3v) is 3.07. The van der Waals surface area contributed by atoms with Crippen molar-refractivity contribution in [1.82, 2.24) is 14.9 Å². The zero-order valence-corrected chi connectivity index (χ0v) is 13.5. The molecule has 1 aromatic rings. The van der Waals surface area contributed by atoms with E-state index in [4.69, 9.17) is 10.5 Å². The molecule has 0 aromatic carbocycles. The van der Waals surface area contributed by atoms with E-state index in [1.165, 1.54) is 0 Å². The second-order valence-corrected chi connectivity index (χ2v) is 4.46. The summed E-state index contributed by atoms with van der Waals surface area (Å²) in [6, 6.07) is 0. The normalized spacial score (nSPS) is 19.2. The zero-order valence-electron chi connectivity index (χ0n) is 11.2. The van der Waals surface area contributed by atoms with E-state index in [0.717, 1.165) is 38.4 Å². The molecule has 2 rings (SSSR count). The number of aromatic nitrogens is 2. The number of nitrogens with two attached hydrogens (primary N) is 1. The first kappa shape index (κ1) is 16.2. The minimum Gasteiger partial charge on any atom is -0.376 e. The van der Waals surface area contributed by atoms with Crippen LogP contribution in [-0.2, 0) is 11.3 Å². The average molecular weight is 379 g/mol. The van der Waals surface area contributed by atoms with Crippen LogP contribution in [0.15, 0.2) is 17.4 Å². The summed E-state index contributed by atoms with van der Waals surface area (Å²) in [5.41, 5.74) is 5.79. The average Bonchev–Trinajstić information content (AvgIpc) is 2.99. The second-order valence-electron chi connectivity index (χ2n) is 4.46. The number of hydrogen-bond donors (Lipinski definition) is 2. The number of halogens is 1. The highest BCUT2D eigenvalue weighted by atomic mass is 127. The molecule has 108 valence electrons. The van der Waals surface area contributed by atoms with E-state index < -0.39 is 0 Å². The third-order valence-electron chi connectivity index (χ3n) is 3.07. The maximum atomic E-state index is 5.79. The summed E-state index contributed by atoms with van der Waals surface area (Å²) in [7, 11) is 0. The smallest absolute Gasteiger partial charge is 0.188 e. The van der Waals surface area contributed by atoms with E-state index >= 15 is 0 Å². The summed E-state index contributed by atoms with van der Waals surface area (Å²) in [6.07, 6.45) is 6.22. The molecule has 19 heavy (non-hydrogen) atoms. The standard InChI is InChI=1S/C12H21N5O.HI/c1-10-14-4-6-17(10)7-5-15-12(13)16-9-11-3-2-8-18-11;/h4,6,11H,2-3,5,7-9H2,1H3,(H3,13,15,16);1H. The molecule has 0 radical (unpaired) electrons. The van der Waals surface area contributed by atoms with Gasteiger partial charge in [-0.15, -0.1) is 24.0 Å². The SMILES string of the molecule is Cc1nccn1CCNC(N)=NCC1CCCO1.I. The van der Waals surface area contributed by atoms with Crippen LogP contribution >= 0.6 is 24.0 Å². The van der Waals surface area contributed by atoms with Crippen molar-refractivity contribution in [2.75, 3.05) is 19.7 Å². The van der Waals surface area contributed by atoms with Crippen molar-refractivity contribution in [2.45, 2.75) is 32.4 Å². The lowest BCUT2D eigenvalue weighted by Gasteiger charge is -2.09. The molecule has 3 N–H and O–H groups in total. The van der Waals surface area contributed by atoms with Gasteiger partial charge in [0.05, 0.1) is 12.6 Å². The molecule has 7 heteroatoms. The number of guanidine groups is 1. The Balaban J connectivity index is 0.00000180. The molecule has 0 saturated carbocycles. The van der Waals surface area contributed by atoms with Crippen molar-refractivity contribution in [3.8, 4) is 0 Å². The van der Waals surface area contributed by atoms with Crippen LogP contribution in [-0.4, -0.2) is 41.3 Å². The molecule has 1 aliphatic rings. The molecule has 1 aromatic heterocycles. The van der Waals surface area contributed by atoms with E-state index in [9.17, 15) is 0 Å². The Labute approximate surface area is 130 Å². The molecule has 2 heterocycles.